The van der Waals surface area contributed by atoms with Crippen molar-refractivity contribution in [3.63, 3.8) is 0 Å². The summed E-state index contributed by atoms with van der Waals surface area (Å²) in [7, 11) is 3.35. The number of aromatic nitrogens is 3. The molecule has 0 saturated heterocycles. The lowest BCUT2D eigenvalue weighted by atomic mass is 10.1. The van der Waals surface area contributed by atoms with Crippen LogP contribution in [0.5, 0.6) is 0 Å². The van der Waals surface area contributed by atoms with Crippen LogP contribution in [0.4, 0.5) is 0 Å². The maximum atomic E-state index is 12.8. The number of pyridine rings is 1. The molecular weight excluding hydrogens is 438 g/mol. The molecule has 0 aliphatic rings. The average Bonchev–Trinajstić information content (AvgIpc) is 3.30. The Bertz CT molecular complexity index is 1310. The topological polar surface area (TPSA) is 80.1 Å². The SMILES string of the molecule is CNC(=O)c1ccc(CN(C)C(=O)/C=C/c2cn(Cc3ccccc3)nc2-c2cccnc2)cc1. The van der Waals surface area contributed by atoms with Crippen LogP contribution < -0.4 is 5.32 Å². The molecular formula is C28H27N5O2. The van der Waals surface area contributed by atoms with Gasteiger partial charge in [0.25, 0.3) is 5.91 Å². The molecule has 2 aromatic heterocycles. The van der Waals surface area contributed by atoms with Gasteiger partial charge >= 0.3 is 0 Å². The van der Waals surface area contributed by atoms with Gasteiger partial charge in [0.15, 0.2) is 0 Å². The molecule has 2 heterocycles. The molecule has 0 fully saturated rings. The first-order chi connectivity index (χ1) is 17.0. The van der Waals surface area contributed by atoms with E-state index in [1.54, 1.807) is 55.7 Å². The maximum absolute atomic E-state index is 12.8. The van der Waals surface area contributed by atoms with E-state index in [2.05, 4.69) is 22.4 Å². The van der Waals surface area contributed by atoms with Crippen LogP contribution in [0.3, 0.4) is 0 Å². The zero-order chi connectivity index (χ0) is 24.6. The van der Waals surface area contributed by atoms with Crippen molar-refractivity contribution in [3.8, 4) is 11.3 Å². The second-order valence-electron chi connectivity index (χ2n) is 8.16. The van der Waals surface area contributed by atoms with Gasteiger partial charge in [-0.25, -0.2) is 0 Å². The highest BCUT2D eigenvalue weighted by molar-refractivity contribution is 5.94. The monoisotopic (exact) mass is 465 g/mol. The Kier molecular flexibility index (Phi) is 7.47. The summed E-state index contributed by atoms with van der Waals surface area (Å²) in [4.78, 5) is 30.4. The molecule has 0 aliphatic carbocycles. The number of carbonyl (C=O) groups is 2. The van der Waals surface area contributed by atoms with Crippen molar-refractivity contribution in [1.82, 2.24) is 25.0 Å². The first kappa shape index (κ1) is 23.6. The van der Waals surface area contributed by atoms with E-state index >= 15 is 0 Å². The highest BCUT2D eigenvalue weighted by Gasteiger charge is 2.12. The van der Waals surface area contributed by atoms with Gasteiger partial charge in [-0.15, -0.1) is 0 Å². The first-order valence-corrected chi connectivity index (χ1v) is 11.3. The molecule has 2 amide bonds. The summed E-state index contributed by atoms with van der Waals surface area (Å²) in [6.45, 7) is 1.06. The third-order valence-corrected chi connectivity index (χ3v) is 5.56. The Morgan fingerprint density at radius 3 is 2.46 bits per heavy atom. The van der Waals surface area contributed by atoms with Gasteiger partial charge in [-0.05, 0) is 41.5 Å². The molecule has 4 rings (SSSR count). The second-order valence-corrected chi connectivity index (χ2v) is 8.16. The minimum absolute atomic E-state index is 0.131. The molecule has 7 nitrogen and oxygen atoms in total. The molecule has 0 aliphatic heterocycles. The molecule has 0 bridgehead atoms. The minimum atomic E-state index is -0.138. The van der Waals surface area contributed by atoms with Crippen LogP contribution in [0.25, 0.3) is 17.3 Å². The third kappa shape index (κ3) is 6.09. The third-order valence-electron chi connectivity index (χ3n) is 5.56. The molecule has 2 aromatic carbocycles. The zero-order valence-corrected chi connectivity index (χ0v) is 19.8. The van der Waals surface area contributed by atoms with Crippen molar-refractivity contribution in [3.05, 3.63) is 114 Å². The number of carbonyl (C=O) groups excluding carboxylic acids is 2. The van der Waals surface area contributed by atoms with Gasteiger partial charge in [0.05, 0.1) is 6.54 Å². The van der Waals surface area contributed by atoms with Crippen molar-refractivity contribution in [1.29, 1.82) is 0 Å². The number of amides is 2. The Morgan fingerprint density at radius 2 is 1.77 bits per heavy atom. The highest BCUT2D eigenvalue weighted by atomic mass is 16.2. The standard InChI is InChI=1S/C28H27N5O2/c1-29-28(35)23-12-10-22(11-13-23)18-32(2)26(34)15-14-25-20-33(19-21-7-4-3-5-8-21)31-27(25)24-9-6-16-30-17-24/h3-17,20H,18-19H2,1-2H3,(H,29,35)/b15-14+. The highest BCUT2D eigenvalue weighted by Crippen LogP contribution is 2.23. The van der Waals surface area contributed by atoms with Gasteiger partial charge < -0.3 is 10.2 Å². The van der Waals surface area contributed by atoms with Crippen LogP contribution >= 0.6 is 0 Å². The largest absolute Gasteiger partial charge is 0.355 e. The van der Waals surface area contributed by atoms with Crippen LogP contribution in [-0.2, 0) is 17.9 Å². The lowest BCUT2D eigenvalue weighted by Gasteiger charge is -2.15. The lowest BCUT2D eigenvalue weighted by molar-refractivity contribution is -0.125. The minimum Gasteiger partial charge on any atom is -0.355 e. The summed E-state index contributed by atoms with van der Waals surface area (Å²) in [5.41, 5.74) is 5.16. The van der Waals surface area contributed by atoms with Crippen molar-refractivity contribution >= 4 is 17.9 Å². The van der Waals surface area contributed by atoms with Crippen molar-refractivity contribution in [2.75, 3.05) is 14.1 Å². The first-order valence-electron chi connectivity index (χ1n) is 11.3. The average molecular weight is 466 g/mol. The van der Waals surface area contributed by atoms with Crippen molar-refractivity contribution in [2.24, 2.45) is 0 Å². The van der Waals surface area contributed by atoms with Gasteiger partial charge in [-0.1, -0.05) is 42.5 Å². The Labute approximate surface area is 204 Å². The number of likely N-dealkylation sites (N-methyl/N-ethyl adjacent to an activating group) is 1. The fourth-order valence-corrected chi connectivity index (χ4v) is 3.68. The molecule has 7 heteroatoms. The van der Waals surface area contributed by atoms with Gasteiger partial charge in [0.2, 0.25) is 5.91 Å². The van der Waals surface area contributed by atoms with Crippen LogP contribution in [0.15, 0.2) is 91.4 Å². The van der Waals surface area contributed by atoms with Crippen LogP contribution in [0, 0.1) is 0 Å². The Hall–Kier alpha value is -4.52. The van der Waals surface area contributed by atoms with E-state index in [-0.39, 0.29) is 11.8 Å². The number of nitrogens with zero attached hydrogens (tertiary/aromatic N) is 4. The molecule has 35 heavy (non-hydrogen) atoms. The summed E-state index contributed by atoms with van der Waals surface area (Å²) in [6, 6.07) is 21.1. The van der Waals surface area contributed by atoms with E-state index in [1.807, 2.05) is 53.3 Å². The fourth-order valence-electron chi connectivity index (χ4n) is 3.68. The molecule has 0 radical (unpaired) electrons. The van der Waals surface area contributed by atoms with E-state index in [0.717, 1.165) is 27.9 Å². The molecule has 176 valence electrons. The predicted molar refractivity (Wildman–Crippen MR) is 136 cm³/mol. The van der Waals surface area contributed by atoms with E-state index in [9.17, 15) is 9.59 Å². The normalized spacial score (nSPS) is 10.9. The summed E-state index contributed by atoms with van der Waals surface area (Å²) in [5.74, 6) is -0.269. The van der Waals surface area contributed by atoms with Gasteiger partial charge in [-0.3, -0.25) is 19.3 Å². The lowest BCUT2D eigenvalue weighted by Crippen LogP contribution is -2.24. The van der Waals surface area contributed by atoms with Gasteiger partial charge in [0, 0.05) is 62.0 Å². The summed E-state index contributed by atoms with van der Waals surface area (Å²) >= 11 is 0. The maximum Gasteiger partial charge on any atom is 0.251 e. The van der Waals surface area contributed by atoms with Crippen LogP contribution in [0.2, 0.25) is 0 Å². The van der Waals surface area contributed by atoms with Crippen LogP contribution in [0.1, 0.15) is 27.0 Å². The summed E-state index contributed by atoms with van der Waals surface area (Å²) in [5, 5.41) is 7.36. The van der Waals surface area contributed by atoms with E-state index in [4.69, 9.17) is 5.10 Å². The van der Waals surface area contributed by atoms with Gasteiger partial charge in [0.1, 0.15) is 5.69 Å². The predicted octanol–water partition coefficient (Wildman–Crippen LogP) is 4.02. The quantitative estimate of drug-likeness (QED) is 0.399. The molecule has 4 aromatic rings. The van der Waals surface area contributed by atoms with Crippen molar-refractivity contribution < 1.29 is 9.59 Å². The second kappa shape index (κ2) is 11.1. The Balaban J connectivity index is 1.50. The van der Waals surface area contributed by atoms with Gasteiger partial charge in [-0.2, -0.15) is 5.10 Å². The van der Waals surface area contributed by atoms with E-state index < -0.39 is 0 Å². The molecule has 0 atom stereocenters. The molecule has 0 unspecified atom stereocenters. The van der Waals surface area contributed by atoms with Crippen LogP contribution in [-0.4, -0.2) is 45.6 Å². The fraction of sp³-hybridized carbons (Fsp3) is 0.143. The number of benzene rings is 2. The van der Waals surface area contributed by atoms with Crippen molar-refractivity contribution in [2.45, 2.75) is 13.1 Å². The van der Waals surface area contributed by atoms with E-state index in [1.165, 1.54) is 0 Å². The zero-order valence-electron chi connectivity index (χ0n) is 19.8. The number of nitrogens with one attached hydrogen (secondary N) is 1. The van der Waals surface area contributed by atoms with E-state index in [0.29, 0.717) is 18.7 Å². The number of rotatable bonds is 8. The number of hydrogen-bond acceptors (Lipinski definition) is 4. The Morgan fingerprint density at radius 1 is 1.00 bits per heavy atom. The smallest absolute Gasteiger partial charge is 0.251 e. The number of hydrogen-bond donors (Lipinski definition) is 1. The molecule has 0 saturated carbocycles. The molecule has 0 spiro atoms. The molecule has 1 N–H and O–H groups in total. The summed E-state index contributed by atoms with van der Waals surface area (Å²) < 4.78 is 1.87. The summed E-state index contributed by atoms with van der Waals surface area (Å²) in [6.07, 6.45) is 8.78.